The van der Waals surface area contributed by atoms with E-state index in [9.17, 15) is 26.4 Å². The lowest BCUT2D eigenvalue weighted by Gasteiger charge is -2.20. The molecular weight excluding hydrogens is 297 g/mol. The van der Waals surface area contributed by atoms with Crippen molar-refractivity contribution in [3.63, 3.8) is 0 Å². The van der Waals surface area contributed by atoms with Crippen molar-refractivity contribution in [2.45, 2.75) is 25.2 Å². The van der Waals surface area contributed by atoms with Crippen molar-refractivity contribution in [3.8, 4) is 0 Å². The van der Waals surface area contributed by atoms with Crippen molar-refractivity contribution < 1.29 is 31.5 Å². The summed E-state index contributed by atoms with van der Waals surface area (Å²) in [6, 6.07) is 0.513. The lowest BCUT2D eigenvalue weighted by Crippen LogP contribution is -2.27. The van der Waals surface area contributed by atoms with E-state index in [-0.39, 0.29) is 0 Å². The minimum atomic E-state index is -4.27. The molecule has 0 spiro atoms. The molecule has 0 bridgehead atoms. The SMILES string of the molecule is CC(C)(Cc1cc(F)c(S(C)(=O)=O)c(F)c1F)C(=O)O. The van der Waals surface area contributed by atoms with Gasteiger partial charge in [-0.05, 0) is 31.9 Å². The van der Waals surface area contributed by atoms with Gasteiger partial charge in [0.1, 0.15) is 10.7 Å². The molecule has 0 aromatic heterocycles. The third-order valence-corrected chi connectivity index (χ3v) is 3.89. The summed E-state index contributed by atoms with van der Waals surface area (Å²) in [4.78, 5) is 9.57. The van der Waals surface area contributed by atoms with E-state index in [1.165, 1.54) is 13.8 Å². The van der Waals surface area contributed by atoms with Gasteiger partial charge in [0.25, 0.3) is 0 Å². The van der Waals surface area contributed by atoms with E-state index in [0.29, 0.717) is 12.3 Å². The fourth-order valence-electron chi connectivity index (χ4n) is 1.65. The zero-order valence-corrected chi connectivity index (χ0v) is 11.8. The van der Waals surface area contributed by atoms with Crippen molar-refractivity contribution >= 4 is 15.8 Å². The summed E-state index contributed by atoms with van der Waals surface area (Å²) in [6.07, 6.45) is 0.0703. The zero-order valence-electron chi connectivity index (χ0n) is 11.0. The number of sulfone groups is 1. The van der Waals surface area contributed by atoms with E-state index in [2.05, 4.69) is 0 Å². The van der Waals surface area contributed by atoms with Crippen LogP contribution in [0.4, 0.5) is 13.2 Å². The van der Waals surface area contributed by atoms with Gasteiger partial charge in [0.15, 0.2) is 21.5 Å². The van der Waals surface area contributed by atoms with Crippen LogP contribution in [-0.4, -0.2) is 25.7 Å². The normalized spacial score (nSPS) is 12.5. The molecule has 4 nitrogen and oxygen atoms in total. The molecule has 20 heavy (non-hydrogen) atoms. The highest BCUT2D eigenvalue weighted by atomic mass is 32.2. The van der Waals surface area contributed by atoms with Crippen LogP contribution in [-0.2, 0) is 21.1 Å². The second kappa shape index (κ2) is 5.08. The molecule has 1 aromatic carbocycles. The highest BCUT2D eigenvalue weighted by Gasteiger charge is 2.32. The maximum Gasteiger partial charge on any atom is 0.309 e. The van der Waals surface area contributed by atoms with Crippen LogP contribution in [0.3, 0.4) is 0 Å². The fraction of sp³-hybridized carbons (Fsp3) is 0.417. The van der Waals surface area contributed by atoms with Crippen molar-refractivity contribution in [1.29, 1.82) is 0 Å². The lowest BCUT2D eigenvalue weighted by atomic mass is 9.85. The van der Waals surface area contributed by atoms with Crippen LogP contribution in [0.1, 0.15) is 19.4 Å². The minimum Gasteiger partial charge on any atom is -0.481 e. The molecule has 0 saturated carbocycles. The number of rotatable bonds is 4. The highest BCUT2D eigenvalue weighted by molar-refractivity contribution is 7.90. The molecule has 112 valence electrons. The Balaban J connectivity index is 3.46. The Hall–Kier alpha value is -1.57. The topological polar surface area (TPSA) is 71.4 Å². The van der Waals surface area contributed by atoms with E-state index >= 15 is 0 Å². The first kappa shape index (κ1) is 16.5. The summed E-state index contributed by atoms with van der Waals surface area (Å²) in [5.74, 6) is -6.10. The predicted molar refractivity (Wildman–Crippen MR) is 64.5 cm³/mol. The number of carbonyl (C=O) groups is 1. The first-order chi connectivity index (χ1) is 8.88. The zero-order chi connectivity index (χ0) is 15.9. The van der Waals surface area contributed by atoms with E-state index < -0.39 is 55.6 Å². The van der Waals surface area contributed by atoms with Gasteiger partial charge in [0.2, 0.25) is 0 Å². The molecule has 1 N–H and O–H groups in total. The third-order valence-electron chi connectivity index (χ3n) is 2.77. The average molecular weight is 310 g/mol. The number of aliphatic carboxylic acids is 1. The van der Waals surface area contributed by atoms with Gasteiger partial charge >= 0.3 is 5.97 Å². The summed E-state index contributed by atoms with van der Waals surface area (Å²) in [5.41, 5.74) is -1.98. The molecule has 0 atom stereocenters. The second-order valence-electron chi connectivity index (χ2n) is 5.11. The standard InChI is InChI=1S/C12H13F3O4S/c1-12(2,11(16)17)5-6-4-7(13)10(20(3,18)19)9(15)8(6)14/h4H,5H2,1-3H3,(H,16,17). The summed E-state index contributed by atoms with van der Waals surface area (Å²) in [7, 11) is -4.27. The van der Waals surface area contributed by atoms with Crippen LogP contribution in [0.25, 0.3) is 0 Å². The molecule has 8 heteroatoms. The number of carboxylic acid groups (broad SMARTS) is 1. The number of hydrogen-bond donors (Lipinski definition) is 1. The Labute approximate surface area is 114 Å². The summed E-state index contributed by atoms with van der Waals surface area (Å²) in [6.45, 7) is 2.52. The first-order valence-electron chi connectivity index (χ1n) is 5.47. The summed E-state index contributed by atoms with van der Waals surface area (Å²) >= 11 is 0. The van der Waals surface area contributed by atoms with Crippen LogP contribution in [0.2, 0.25) is 0 Å². The van der Waals surface area contributed by atoms with Gasteiger partial charge in [-0.3, -0.25) is 4.79 Å². The van der Waals surface area contributed by atoms with Crippen LogP contribution in [0.5, 0.6) is 0 Å². The molecule has 0 aliphatic carbocycles. The Bertz CT molecular complexity index is 666. The van der Waals surface area contributed by atoms with Crippen molar-refractivity contribution in [1.82, 2.24) is 0 Å². The third kappa shape index (κ3) is 3.12. The van der Waals surface area contributed by atoms with Crippen LogP contribution in [0.15, 0.2) is 11.0 Å². The first-order valence-corrected chi connectivity index (χ1v) is 7.37. The Morgan fingerprint density at radius 3 is 2.15 bits per heavy atom. The molecule has 0 fully saturated rings. The van der Waals surface area contributed by atoms with Gasteiger partial charge < -0.3 is 5.11 Å². The van der Waals surface area contributed by atoms with Crippen molar-refractivity contribution in [2.24, 2.45) is 5.41 Å². The lowest BCUT2D eigenvalue weighted by molar-refractivity contribution is -0.146. The van der Waals surface area contributed by atoms with Crippen molar-refractivity contribution in [2.75, 3.05) is 6.26 Å². The minimum absolute atomic E-state index is 0.480. The van der Waals surface area contributed by atoms with Gasteiger partial charge in [0.05, 0.1) is 5.41 Å². The largest absolute Gasteiger partial charge is 0.481 e. The molecule has 1 aromatic rings. The maximum absolute atomic E-state index is 13.8. The Morgan fingerprint density at radius 2 is 1.75 bits per heavy atom. The average Bonchev–Trinajstić information content (AvgIpc) is 2.22. The molecule has 0 unspecified atom stereocenters. The summed E-state index contributed by atoms with van der Waals surface area (Å²) < 4.78 is 63.4. The van der Waals surface area contributed by atoms with E-state index in [1.807, 2.05) is 0 Å². The molecule has 0 aliphatic rings. The van der Waals surface area contributed by atoms with Crippen LogP contribution >= 0.6 is 0 Å². The molecule has 1 rings (SSSR count). The molecule has 0 heterocycles. The van der Waals surface area contributed by atoms with Gasteiger partial charge in [-0.15, -0.1) is 0 Å². The number of hydrogen-bond acceptors (Lipinski definition) is 3. The molecule has 0 saturated heterocycles. The Morgan fingerprint density at radius 1 is 1.25 bits per heavy atom. The van der Waals surface area contributed by atoms with E-state index in [4.69, 9.17) is 5.11 Å². The smallest absolute Gasteiger partial charge is 0.309 e. The predicted octanol–water partition coefficient (Wildman–Crippen LogP) is 2.16. The van der Waals surface area contributed by atoms with Gasteiger partial charge in [-0.2, -0.15) is 0 Å². The van der Waals surface area contributed by atoms with Crippen LogP contribution < -0.4 is 0 Å². The number of halogens is 3. The molecule has 0 aliphatic heterocycles. The highest BCUT2D eigenvalue weighted by Crippen LogP contribution is 2.29. The van der Waals surface area contributed by atoms with Gasteiger partial charge in [0, 0.05) is 6.26 Å². The van der Waals surface area contributed by atoms with E-state index in [1.54, 1.807) is 0 Å². The van der Waals surface area contributed by atoms with Gasteiger partial charge in [-0.1, -0.05) is 0 Å². The van der Waals surface area contributed by atoms with E-state index in [0.717, 1.165) is 0 Å². The summed E-state index contributed by atoms with van der Waals surface area (Å²) in [5, 5.41) is 8.91. The second-order valence-corrected chi connectivity index (χ2v) is 7.07. The Kier molecular flexibility index (Phi) is 4.19. The fourth-order valence-corrected chi connectivity index (χ4v) is 2.48. The maximum atomic E-state index is 13.8. The molecular formula is C12H13F3O4S. The quantitative estimate of drug-likeness (QED) is 0.865. The molecule has 0 radical (unpaired) electrons. The number of benzene rings is 1. The van der Waals surface area contributed by atoms with Gasteiger partial charge in [-0.25, -0.2) is 21.6 Å². The molecule has 0 amide bonds. The van der Waals surface area contributed by atoms with Crippen molar-refractivity contribution in [3.05, 3.63) is 29.1 Å². The van der Waals surface area contributed by atoms with Crippen LogP contribution in [0, 0.1) is 22.9 Å². The number of carboxylic acids is 1. The monoisotopic (exact) mass is 310 g/mol.